The molecule has 2 aromatic carbocycles. The van der Waals surface area contributed by atoms with Gasteiger partial charge in [0.15, 0.2) is 5.78 Å². The van der Waals surface area contributed by atoms with Crippen molar-refractivity contribution in [3.63, 3.8) is 0 Å². The molecule has 42 heavy (non-hydrogen) atoms. The van der Waals surface area contributed by atoms with Crippen molar-refractivity contribution in [1.29, 1.82) is 0 Å². The van der Waals surface area contributed by atoms with Gasteiger partial charge in [0.05, 0.1) is 19.8 Å². The minimum absolute atomic E-state index is 0. The normalized spacial score (nSPS) is 29.1. The van der Waals surface area contributed by atoms with E-state index in [0.29, 0.717) is 19.4 Å². The van der Waals surface area contributed by atoms with E-state index < -0.39 is 11.0 Å². The number of carbonyl (C=O) groups is 1. The maximum absolute atomic E-state index is 12.3. The fourth-order valence-corrected chi connectivity index (χ4v) is 7.38. The molecule has 2 fully saturated rings. The predicted molar refractivity (Wildman–Crippen MR) is 184 cm³/mol. The topological polar surface area (TPSA) is 59.0 Å². The highest BCUT2D eigenvalue weighted by molar-refractivity contribution is 7.59. The Morgan fingerprint density at radius 3 is 2.36 bits per heavy atom. The molecule has 0 unspecified atom stereocenters. The second kappa shape index (κ2) is 13.2. The fraction of sp³-hybridized carbons (Fsp3) is 0.441. The van der Waals surface area contributed by atoms with Crippen LogP contribution in [0.5, 0.6) is 5.75 Å². The molecular weight excluding hydrogens is 583 g/mol. The number of allylic oxidation sites excluding steroid dienone is 1. The molecule has 3 aliphatic carbocycles. The molecule has 0 bridgehead atoms. The van der Waals surface area contributed by atoms with E-state index in [4.69, 9.17) is 9.47 Å². The van der Waals surface area contributed by atoms with Crippen LogP contribution in [0.4, 0.5) is 5.69 Å². The Balaban J connectivity index is 0.00000161. The van der Waals surface area contributed by atoms with Gasteiger partial charge in [0.2, 0.25) is 0 Å². The number of ether oxygens (including phenoxy) is 2. The van der Waals surface area contributed by atoms with Crippen LogP contribution in [0.15, 0.2) is 71.3 Å². The molecule has 2 aromatic rings. The van der Waals surface area contributed by atoms with Crippen LogP contribution in [0.25, 0.3) is 0 Å². The highest BCUT2D eigenvalue weighted by Gasteiger charge is 2.63. The Hall–Kier alpha value is -2.28. The van der Waals surface area contributed by atoms with Crippen molar-refractivity contribution in [2.24, 2.45) is 11.3 Å². The third kappa shape index (κ3) is 5.79. The molecule has 1 aliphatic heterocycles. The number of methoxy groups -OCH3 is 1. The summed E-state index contributed by atoms with van der Waals surface area (Å²) >= 11 is 0. The van der Waals surface area contributed by atoms with Crippen LogP contribution in [-0.4, -0.2) is 50.4 Å². The van der Waals surface area contributed by atoms with Gasteiger partial charge in [-0.1, -0.05) is 30.9 Å². The molecule has 5 atom stereocenters. The van der Waals surface area contributed by atoms with Gasteiger partial charge < -0.3 is 19.5 Å². The monoisotopic (exact) mass is 625 g/mol. The summed E-state index contributed by atoms with van der Waals surface area (Å²) in [5, 5.41) is 12.2. The Kier molecular flexibility index (Phi) is 10.7. The van der Waals surface area contributed by atoms with Crippen molar-refractivity contribution in [3.8, 4) is 17.6 Å². The molecule has 0 saturated heterocycles. The molecule has 0 radical (unpaired) electrons. The predicted octanol–water partition coefficient (Wildman–Crippen LogP) is 5.77. The van der Waals surface area contributed by atoms with Crippen molar-refractivity contribution < 1.29 is 19.4 Å². The summed E-state index contributed by atoms with van der Waals surface area (Å²) in [7, 11) is 5.75. The summed E-state index contributed by atoms with van der Waals surface area (Å²) in [6.45, 7) is 2.68. The van der Waals surface area contributed by atoms with Crippen molar-refractivity contribution in [2.75, 3.05) is 32.7 Å². The SMILES string of the molecule is COc1ccc(C#C[C@]2(O)CC[C@H]3[C@@H]4OCC5=CC(=O)CCC5=C4[C@@H](c4ccc(N(C)C)cc4)C[C@@]32C)cc1.S.S.S. The summed E-state index contributed by atoms with van der Waals surface area (Å²) in [6, 6.07) is 16.4. The number of carbonyl (C=O) groups excluding carboxylic acids is 1. The van der Waals surface area contributed by atoms with Crippen molar-refractivity contribution in [1.82, 2.24) is 0 Å². The first-order valence-electron chi connectivity index (χ1n) is 14.0. The van der Waals surface area contributed by atoms with Crippen LogP contribution in [0, 0.1) is 23.2 Å². The van der Waals surface area contributed by atoms with E-state index >= 15 is 0 Å². The van der Waals surface area contributed by atoms with Gasteiger partial charge in [-0.25, -0.2) is 0 Å². The molecule has 226 valence electrons. The zero-order valence-electron chi connectivity index (χ0n) is 24.8. The molecule has 1 heterocycles. The molecule has 0 amide bonds. The molecule has 1 N–H and O–H groups in total. The minimum Gasteiger partial charge on any atom is -0.497 e. The maximum atomic E-state index is 12.3. The molecule has 6 rings (SSSR count). The lowest BCUT2D eigenvalue weighted by molar-refractivity contribution is -0.115. The summed E-state index contributed by atoms with van der Waals surface area (Å²) in [5.74, 6) is 7.83. The molecule has 4 aliphatic rings. The Bertz CT molecular complexity index is 1420. The van der Waals surface area contributed by atoms with E-state index in [1.807, 2.05) is 38.4 Å². The molecule has 5 nitrogen and oxygen atoms in total. The Labute approximate surface area is 271 Å². The highest BCUT2D eigenvalue weighted by atomic mass is 32.1. The van der Waals surface area contributed by atoms with E-state index in [0.717, 1.165) is 41.8 Å². The third-order valence-electron chi connectivity index (χ3n) is 9.68. The third-order valence-corrected chi connectivity index (χ3v) is 9.68. The lowest BCUT2D eigenvalue weighted by Gasteiger charge is -2.53. The van der Waals surface area contributed by atoms with Gasteiger partial charge in [0.25, 0.3) is 0 Å². The molecule has 0 aromatic heterocycles. The largest absolute Gasteiger partial charge is 0.497 e. The lowest BCUT2D eigenvalue weighted by atomic mass is 9.55. The average molecular weight is 626 g/mol. The van der Waals surface area contributed by atoms with E-state index in [1.165, 1.54) is 16.7 Å². The van der Waals surface area contributed by atoms with Gasteiger partial charge in [-0.15, -0.1) is 0 Å². The number of nitrogens with zero attached hydrogens (tertiary/aromatic N) is 1. The number of aliphatic hydroxyl groups is 1. The molecule has 8 heteroatoms. The summed E-state index contributed by atoms with van der Waals surface area (Å²) < 4.78 is 11.9. The number of rotatable bonds is 3. The quantitative estimate of drug-likeness (QED) is 0.439. The summed E-state index contributed by atoms with van der Waals surface area (Å²) in [4.78, 5) is 14.4. The first-order valence-corrected chi connectivity index (χ1v) is 14.0. The maximum Gasteiger partial charge on any atom is 0.156 e. The van der Waals surface area contributed by atoms with Crippen LogP contribution in [0.1, 0.15) is 56.1 Å². The number of hydrogen-bond acceptors (Lipinski definition) is 5. The van der Waals surface area contributed by atoms with E-state index in [-0.39, 0.29) is 64.2 Å². The first-order chi connectivity index (χ1) is 18.7. The number of hydrogen-bond donors (Lipinski definition) is 1. The standard InChI is InChI=1S/C34H37NO4.3H2S/c1-33-20-29(23-7-9-25(10-8-23)35(2)3)31-28-14-11-26(36)19-24(28)21-39-32(31)30(33)16-18-34(33,37)17-15-22-5-12-27(38-4)13-6-22;;;/h5-10,12-13,19,29-30,32,37H,11,14,16,18,20-21H2,1-4H3;3*1H2/t29-,30+,32+,33+,34+;;;/m1.../s1. The lowest BCUT2D eigenvalue weighted by Crippen LogP contribution is -2.53. The van der Waals surface area contributed by atoms with Crippen LogP contribution in [0.2, 0.25) is 0 Å². The van der Waals surface area contributed by atoms with Crippen LogP contribution < -0.4 is 9.64 Å². The number of ketones is 1. The number of fused-ring (bicyclic) bond motifs is 4. The zero-order chi connectivity index (χ0) is 27.4. The van der Waals surface area contributed by atoms with Gasteiger partial charge >= 0.3 is 0 Å². The van der Waals surface area contributed by atoms with Crippen molar-refractivity contribution in [2.45, 2.75) is 56.7 Å². The first kappa shape index (κ1) is 34.2. The van der Waals surface area contributed by atoms with E-state index in [9.17, 15) is 9.90 Å². The average Bonchev–Trinajstić information content (AvgIpc) is 3.21. The minimum atomic E-state index is -1.13. The van der Waals surface area contributed by atoms with Crippen molar-refractivity contribution >= 4 is 52.0 Å². The van der Waals surface area contributed by atoms with E-state index in [2.05, 4.69) is 47.9 Å². The van der Waals surface area contributed by atoms with Crippen LogP contribution in [-0.2, 0) is 9.53 Å². The second-order valence-electron chi connectivity index (χ2n) is 11.9. The van der Waals surface area contributed by atoms with Gasteiger partial charge in [-0.3, -0.25) is 4.79 Å². The van der Waals surface area contributed by atoms with Gasteiger partial charge in [-0.2, -0.15) is 40.5 Å². The summed E-state index contributed by atoms with van der Waals surface area (Å²) in [6.07, 6.45) is 5.31. The van der Waals surface area contributed by atoms with Gasteiger partial charge in [0, 0.05) is 43.1 Å². The van der Waals surface area contributed by atoms with Crippen molar-refractivity contribution in [3.05, 3.63) is 82.5 Å². The molecule has 0 spiro atoms. The molecule has 2 saturated carbocycles. The Morgan fingerprint density at radius 1 is 1.02 bits per heavy atom. The highest BCUT2D eigenvalue weighted by Crippen LogP contribution is 2.64. The van der Waals surface area contributed by atoms with E-state index in [1.54, 1.807) is 13.2 Å². The van der Waals surface area contributed by atoms with Crippen LogP contribution in [0.3, 0.4) is 0 Å². The Morgan fingerprint density at radius 2 is 1.71 bits per heavy atom. The smallest absolute Gasteiger partial charge is 0.156 e. The van der Waals surface area contributed by atoms with Gasteiger partial charge in [-0.05, 0) is 96.4 Å². The zero-order valence-corrected chi connectivity index (χ0v) is 27.8. The van der Waals surface area contributed by atoms with Gasteiger partial charge in [0.1, 0.15) is 11.4 Å². The summed E-state index contributed by atoms with van der Waals surface area (Å²) in [5.41, 5.74) is 5.35. The number of anilines is 1. The fourth-order valence-electron chi connectivity index (χ4n) is 7.38. The van der Waals surface area contributed by atoms with Crippen LogP contribution >= 0.6 is 40.5 Å². The molecular formula is C34H43NO4S3. The number of benzene rings is 2. The second-order valence-corrected chi connectivity index (χ2v) is 11.9.